The lowest BCUT2D eigenvalue weighted by Crippen LogP contribution is -2.32. The molecule has 1 aromatic rings. The highest BCUT2D eigenvalue weighted by Gasteiger charge is 2.21. The average Bonchev–Trinajstić information content (AvgIpc) is 2.49. The summed E-state index contributed by atoms with van der Waals surface area (Å²) in [6.45, 7) is 8.30. The number of nitrogens with one attached hydrogen (secondary N) is 1. The van der Waals surface area contributed by atoms with Crippen molar-refractivity contribution in [1.82, 2.24) is 20.2 Å². The van der Waals surface area contributed by atoms with Gasteiger partial charge < -0.3 is 10.2 Å². The Balaban J connectivity index is 2.18. The van der Waals surface area contributed by atoms with E-state index in [1.54, 1.807) is 11.1 Å². The SMILES string of the molecule is CCN(CC)C(=O)c1cnc([C@@H]2CCCCN2)nc1C. The van der Waals surface area contributed by atoms with Crippen LogP contribution in [0.15, 0.2) is 6.20 Å². The van der Waals surface area contributed by atoms with Crippen LogP contribution in [0.4, 0.5) is 0 Å². The highest BCUT2D eigenvalue weighted by Crippen LogP contribution is 2.20. The summed E-state index contributed by atoms with van der Waals surface area (Å²) in [5.74, 6) is 0.842. The molecule has 1 N–H and O–H groups in total. The van der Waals surface area contributed by atoms with Crippen LogP contribution in [0.25, 0.3) is 0 Å². The van der Waals surface area contributed by atoms with Crippen molar-refractivity contribution in [2.75, 3.05) is 19.6 Å². The van der Waals surface area contributed by atoms with Gasteiger partial charge in [-0.1, -0.05) is 6.42 Å². The molecule has 110 valence electrons. The van der Waals surface area contributed by atoms with Gasteiger partial charge in [0.05, 0.1) is 17.3 Å². The zero-order valence-electron chi connectivity index (χ0n) is 12.6. The molecule has 2 rings (SSSR count). The molecule has 20 heavy (non-hydrogen) atoms. The maximum Gasteiger partial charge on any atom is 0.257 e. The van der Waals surface area contributed by atoms with E-state index in [-0.39, 0.29) is 11.9 Å². The summed E-state index contributed by atoms with van der Waals surface area (Å²) in [6, 6.07) is 0.236. The molecule has 0 bridgehead atoms. The third kappa shape index (κ3) is 3.15. The molecular weight excluding hydrogens is 252 g/mol. The lowest BCUT2D eigenvalue weighted by Gasteiger charge is -2.23. The van der Waals surface area contributed by atoms with E-state index in [2.05, 4.69) is 15.3 Å². The van der Waals surface area contributed by atoms with Crippen LogP contribution in [-0.4, -0.2) is 40.4 Å². The van der Waals surface area contributed by atoms with Crippen molar-refractivity contribution in [2.24, 2.45) is 0 Å². The van der Waals surface area contributed by atoms with Crippen LogP contribution in [-0.2, 0) is 0 Å². The molecule has 1 saturated heterocycles. The Labute approximate surface area is 120 Å². The summed E-state index contributed by atoms with van der Waals surface area (Å²) in [4.78, 5) is 23.1. The smallest absolute Gasteiger partial charge is 0.257 e. The molecule has 5 nitrogen and oxygen atoms in total. The van der Waals surface area contributed by atoms with Gasteiger partial charge in [-0.15, -0.1) is 0 Å². The van der Waals surface area contributed by atoms with Crippen LogP contribution < -0.4 is 5.32 Å². The first kappa shape index (κ1) is 14.9. The highest BCUT2D eigenvalue weighted by atomic mass is 16.2. The summed E-state index contributed by atoms with van der Waals surface area (Å²) in [7, 11) is 0. The van der Waals surface area contributed by atoms with Crippen LogP contribution in [0, 0.1) is 6.92 Å². The summed E-state index contributed by atoms with van der Waals surface area (Å²) in [5.41, 5.74) is 1.40. The molecule has 5 heteroatoms. The fourth-order valence-corrected chi connectivity index (χ4v) is 2.62. The molecule has 0 radical (unpaired) electrons. The number of carbonyl (C=O) groups is 1. The Kier molecular flexibility index (Phi) is 5.06. The Morgan fingerprint density at radius 1 is 1.40 bits per heavy atom. The van der Waals surface area contributed by atoms with Gasteiger partial charge in [0.1, 0.15) is 5.82 Å². The van der Waals surface area contributed by atoms with Crippen molar-refractivity contribution < 1.29 is 4.79 Å². The molecule has 1 aliphatic rings. The Morgan fingerprint density at radius 3 is 2.70 bits per heavy atom. The molecule has 1 aromatic heterocycles. The summed E-state index contributed by atoms with van der Waals surface area (Å²) in [5, 5.41) is 3.44. The van der Waals surface area contributed by atoms with E-state index in [1.165, 1.54) is 12.8 Å². The lowest BCUT2D eigenvalue weighted by atomic mass is 10.0. The predicted molar refractivity (Wildman–Crippen MR) is 78.6 cm³/mol. The van der Waals surface area contributed by atoms with E-state index in [1.807, 2.05) is 20.8 Å². The van der Waals surface area contributed by atoms with Crippen molar-refractivity contribution in [1.29, 1.82) is 0 Å². The van der Waals surface area contributed by atoms with Gasteiger partial charge >= 0.3 is 0 Å². The van der Waals surface area contributed by atoms with Gasteiger partial charge in [0.2, 0.25) is 0 Å². The minimum Gasteiger partial charge on any atom is -0.339 e. The maximum absolute atomic E-state index is 12.3. The second kappa shape index (κ2) is 6.79. The molecule has 2 heterocycles. The number of carbonyl (C=O) groups excluding carboxylic acids is 1. The second-order valence-electron chi connectivity index (χ2n) is 5.21. The number of amides is 1. The number of hydrogen-bond donors (Lipinski definition) is 1. The third-order valence-corrected chi connectivity index (χ3v) is 3.90. The van der Waals surface area contributed by atoms with Gasteiger partial charge in [-0.3, -0.25) is 4.79 Å². The highest BCUT2D eigenvalue weighted by molar-refractivity contribution is 5.94. The molecule has 1 fully saturated rings. The van der Waals surface area contributed by atoms with Crippen LogP contribution >= 0.6 is 0 Å². The fraction of sp³-hybridized carbons (Fsp3) is 0.667. The number of aryl methyl sites for hydroxylation is 1. The number of piperidine rings is 1. The molecular formula is C15H24N4O. The predicted octanol–water partition coefficient (Wildman–Crippen LogP) is 2.08. The fourth-order valence-electron chi connectivity index (χ4n) is 2.62. The zero-order chi connectivity index (χ0) is 14.5. The van der Waals surface area contributed by atoms with Crippen molar-refractivity contribution >= 4 is 5.91 Å². The van der Waals surface area contributed by atoms with Crippen LogP contribution in [0.3, 0.4) is 0 Å². The normalized spacial score (nSPS) is 18.9. The molecule has 1 atom stereocenters. The number of rotatable bonds is 4. The van der Waals surface area contributed by atoms with Gasteiger partial charge in [-0.25, -0.2) is 9.97 Å². The molecule has 0 unspecified atom stereocenters. The molecule has 0 aromatic carbocycles. The average molecular weight is 276 g/mol. The lowest BCUT2D eigenvalue weighted by molar-refractivity contribution is 0.0771. The molecule has 1 amide bonds. The van der Waals surface area contributed by atoms with Gasteiger partial charge in [0.15, 0.2) is 0 Å². The van der Waals surface area contributed by atoms with Crippen LogP contribution in [0.1, 0.15) is 61.0 Å². The van der Waals surface area contributed by atoms with E-state index in [0.717, 1.165) is 24.5 Å². The third-order valence-electron chi connectivity index (χ3n) is 3.90. The standard InChI is InChI=1S/C15H24N4O/c1-4-19(5-2)15(20)12-10-17-14(18-11(12)3)13-8-6-7-9-16-13/h10,13,16H,4-9H2,1-3H3/t13-/m0/s1. The Bertz CT molecular complexity index is 465. The zero-order valence-corrected chi connectivity index (χ0v) is 12.6. The number of aromatic nitrogens is 2. The molecule has 1 aliphatic heterocycles. The first-order valence-corrected chi connectivity index (χ1v) is 7.53. The van der Waals surface area contributed by atoms with Gasteiger partial charge in [0.25, 0.3) is 5.91 Å². The summed E-state index contributed by atoms with van der Waals surface area (Å²) in [6.07, 6.45) is 5.19. The van der Waals surface area contributed by atoms with E-state index in [4.69, 9.17) is 0 Å². The first-order chi connectivity index (χ1) is 9.67. The van der Waals surface area contributed by atoms with Crippen molar-refractivity contribution in [3.05, 3.63) is 23.3 Å². The first-order valence-electron chi connectivity index (χ1n) is 7.53. The molecule has 0 aliphatic carbocycles. The van der Waals surface area contributed by atoms with Crippen molar-refractivity contribution in [3.63, 3.8) is 0 Å². The van der Waals surface area contributed by atoms with Gasteiger partial charge in [-0.2, -0.15) is 0 Å². The minimum atomic E-state index is 0.0238. The van der Waals surface area contributed by atoms with Crippen LogP contribution in [0.2, 0.25) is 0 Å². The van der Waals surface area contributed by atoms with Crippen molar-refractivity contribution in [3.8, 4) is 0 Å². The van der Waals surface area contributed by atoms with E-state index >= 15 is 0 Å². The van der Waals surface area contributed by atoms with Crippen LogP contribution in [0.5, 0.6) is 0 Å². The maximum atomic E-state index is 12.3. The van der Waals surface area contributed by atoms with Gasteiger partial charge in [0, 0.05) is 19.3 Å². The monoisotopic (exact) mass is 276 g/mol. The quantitative estimate of drug-likeness (QED) is 0.914. The number of nitrogens with zero attached hydrogens (tertiary/aromatic N) is 3. The molecule has 0 spiro atoms. The van der Waals surface area contributed by atoms with E-state index in [0.29, 0.717) is 18.7 Å². The second-order valence-corrected chi connectivity index (χ2v) is 5.21. The Morgan fingerprint density at radius 2 is 2.15 bits per heavy atom. The van der Waals surface area contributed by atoms with Gasteiger partial charge in [-0.05, 0) is 40.2 Å². The summed E-state index contributed by atoms with van der Waals surface area (Å²) >= 11 is 0. The van der Waals surface area contributed by atoms with E-state index in [9.17, 15) is 4.79 Å². The van der Waals surface area contributed by atoms with Crippen molar-refractivity contribution in [2.45, 2.75) is 46.1 Å². The summed E-state index contributed by atoms with van der Waals surface area (Å²) < 4.78 is 0. The largest absolute Gasteiger partial charge is 0.339 e. The van der Waals surface area contributed by atoms with E-state index < -0.39 is 0 Å². The number of hydrogen-bond acceptors (Lipinski definition) is 4. The Hall–Kier alpha value is -1.49. The minimum absolute atomic E-state index is 0.0238. The molecule has 0 saturated carbocycles. The topological polar surface area (TPSA) is 58.1 Å².